The molecule has 1 rings (SSSR count). The average Bonchev–Trinajstić information content (AvgIpc) is 2.79. The lowest BCUT2D eigenvalue weighted by atomic mass is 9.91. The Morgan fingerprint density at radius 3 is 2.76 bits per heavy atom. The van der Waals surface area contributed by atoms with Crippen LogP contribution in [-0.4, -0.2) is 43.7 Å². The van der Waals surface area contributed by atoms with E-state index in [-0.39, 0.29) is 25.4 Å². The van der Waals surface area contributed by atoms with Gasteiger partial charge in [-0.25, -0.2) is 0 Å². The molecule has 1 fully saturated rings. The second-order valence-corrected chi connectivity index (χ2v) is 4.43. The molecule has 0 spiro atoms. The highest BCUT2D eigenvalue weighted by Crippen LogP contribution is 2.41. The molecule has 3 atom stereocenters. The lowest BCUT2D eigenvalue weighted by molar-refractivity contribution is -0.131. The largest absolute Gasteiger partial charge is 0.403 e. The van der Waals surface area contributed by atoms with Crippen LogP contribution in [0.25, 0.3) is 0 Å². The predicted molar refractivity (Wildman–Crippen MR) is 63.4 cm³/mol. The zero-order chi connectivity index (χ0) is 13.8. The van der Waals surface area contributed by atoms with Gasteiger partial charge in [0, 0.05) is 7.11 Å². The highest BCUT2D eigenvalue weighted by molar-refractivity contribution is 6.35. The van der Waals surface area contributed by atoms with Gasteiger partial charge < -0.3 is 20.8 Å². The third kappa shape index (κ3) is 2.78. The van der Waals surface area contributed by atoms with E-state index in [0.29, 0.717) is 7.41 Å². The summed E-state index contributed by atoms with van der Waals surface area (Å²) in [6, 6.07) is 0. The number of amides is 2. The van der Waals surface area contributed by atoms with Crippen LogP contribution in [0.1, 0.15) is 12.8 Å². The summed E-state index contributed by atoms with van der Waals surface area (Å²) in [6.45, 7) is 1.54. The van der Waals surface area contributed by atoms with Crippen molar-refractivity contribution in [3.8, 4) is 0 Å². The zero-order valence-electron chi connectivity index (χ0n) is 11.2. The third-order valence-electron chi connectivity index (χ3n) is 3.42. The van der Waals surface area contributed by atoms with E-state index < -0.39 is 23.3 Å². The molecule has 7 heteroatoms. The van der Waals surface area contributed by atoms with E-state index in [1.54, 1.807) is 6.82 Å². The number of aliphatic hydroxyl groups is 1. The number of hydrogen-bond acceptors (Lipinski definition) is 4. The van der Waals surface area contributed by atoms with Gasteiger partial charge in [-0.2, -0.15) is 0 Å². The molecule has 0 bridgehead atoms. The van der Waals surface area contributed by atoms with Gasteiger partial charge in [0.1, 0.15) is 0 Å². The number of carbonyl (C=O) groups is 2. The van der Waals surface area contributed by atoms with Gasteiger partial charge in [-0.1, -0.05) is 6.82 Å². The number of carbonyl (C=O) groups excluding carboxylic acids is 2. The number of aliphatic hydroxyl groups excluding tert-OH is 1. The van der Waals surface area contributed by atoms with Crippen molar-refractivity contribution >= 4 is 19.2 Å². The quantitative estimate of drug-likeness (QED) is 0.505. The Labute approximate surface area is 103 Å². The maximum atomic E-state index is 11.9. The molecule has 0 aliphatic heterocycles. The molecule has 0 aromatic carbocycles. The number of primary amides is 1. The fourth-order valence-electron chi connectivity index (χ4n) is 2.39. The number of rotatable bonds is 5. The van der Waals surface area contributed by atoms with Gasteiger partial charge in [0.05, 0.1) is 24.0 Å². The van der Waals surface area contributed by atoms with Gasteiger partial charge in [0.25, 0.3) is 0 Å². The molecule has 0 radical (unpaired) electrons. The van der Waals surface area contributed by atoms with Crippen molar-refractivity contribution in [2.24, 2.45) is 17.6 Å². The highest BCUT2D eigenvalue weighted by atomic mass is 16.5. The van der Waals surface area contributed by atoms with Crippen LogP contribution in [0.3, 0.4) is 0 Å². The number of ether oxygens (including phenoxy) is 1. The van der Waals surface area contributed by atoms with Crippen molar-refractivity contribution in [1.29, 1.82) is 0 Å². The second-order valence-electron chi connectivity index (χ2n) is 4.43. The minimum Gasteiger partial charge on any atom is -0.403 e. The standard InChI is InChI=1S/C10H19BN2O4/c1-11-13-9(16)7-4-10(5-14,17-2)3-6(7)8(12)15/h6-7,11,14H,3-5H2,1-2H3,(H2,12,15)(H,13,16)/t6-,7-,10?/m0/s1/i/hD. The molecule has 4 N–H and O–H groups in total. The zero-order valence-corrected chi connectivity index (χ0v) is 10.2. The fourth-order valence-corrected chi connectivity index (χ4v) is 2.39. The van der Waals surface area contributed by atoms with E-state index in [2.05, 4.69) is 5.23 Å². The SMILES string of the molecule is [2H]NC(=O)[C@H]1CC(CO)(OC)C[C@@H]1C(=O)NBC. The van der Waals surface area contributed by atoms with Crippen molar-refractivity contribution in [2.45, 2.75) is 25.3 Å². The van der Waals surface area contributed by atoms with Gasteiger partial charge in [0.15, 0.2) is 1.41 Å². The molecule has 0 aromatic heterocycles. The van der Waals surface area contributed by atoms with Gasteiger partial charge in [-0.3, -0.25) is 9.59 Å². The molecule has 1 unspecified atom stereocenters. The van der Waals surface area contributed by atoms with E-state index in [0.717, 1.165) is 0 Å². The van der Waals surface area contributed by atoms with Crippen molar-refractivity contribution < 1.29 is 20.8 Å². The molecular formula is C10H19BN2O4. The molecule has 0 heterocycles. The summed E-state index contributed by atoms with van der Waals surface area (Å²) in [5, 5.41) is 12.0. The summed E-state index contributed by atoms with van der Waals surface area (Å²) >= 11 is 0. The van der Waals surface area contributed by atoms with Crippen LogP contribution in [-0.2, 0) is 14.3 Å². The molecule has 2 amide bonds. The first-order valence-electron chi connectivity index (χ1n) is 6.19. The monoisotopic (exact) mass is 243 g/mol. The van der Waals surface area contributed by atoms with Gasteiger partial charge >= 0.3 is 0 Å². The Morgan fingerprint density at radius 2 is 2.29 bits per heavy atom. The Morgan fingerprint density at radius 1 is 1.65 bits per heavy atom. The summed E-state index contributed by atoms with van der Waals surface area (Å²) in [5.41, 5.74) is 0.946. The number of nitrogens with two attached hydrogens (primary N) is 1. The van der Waals surface area contributed by atoms with Crippen molar-refractivity contribution in [3.05, 3.63) is 0 Å². The van der Waals surface area contributed by atoms with Crippen LogP contribution in [0.5, 0.6) is 0 Å². The first kappa shape index (κ1) is 12.4. The molecule has 1 aliphatic carbocycles. The van der Waals surface area contributed by atoms with Crippen LogP contribution in [0, 0.1) is 11.8 Å². The van der Waals surface area contributed by atoms with Crippen molar-refractivity contribution in [1.82, 2.24) is 5.23 Å². The Bertz CT molecular complexity index is 325. The second kappa shape index (κ2) is 5.51. The van der Waals surface area contributed by atoms with E-state index >= 15 is 0 Å². The minimum absolute atomic E-state index is 0.238. The molecular weight excluding hydrogens is 223 g/mol. The third-order valence-corrected chi connectivity index (χ3v) is 3.42. The Balaban J connectivity index is 2.91. The Kier molecular flexibility index (Phi) is 4.01. The Hall–Kier alpha value is -1.08. The van der Waals surface area contributed by atoms with Crippen molar-refractivity contribution in [3.63, 3.8) is 0 Å². The van der Waals surface area contributed by atoms with Gasteiger partial charge in [-0.15, -0.1) is 0 Å². The molecule has 1 saturated carbocycles. The lowest BCUT2D eigenvalue weighted by Crippen LogP contribution is -2.38. The van der Waals surface area contributed by atoms with Crippen LogP contribution in [0.4, 0.5) is 0 Å². The van der Waals surface area contributed by atoms with E-state index in [1.165, 1.54) is 7.11 Å². The molecule has 0 aromatic rings. The van der Waals surface area contributed by atoms with Crippen LogP contribution in [0.2, 0.25) is 8.23 Å². The molecule has 17 heavy (non-hydrogen) atoms. The average molecular weight is 243 g/mol. The first-order chi connectivity index (χ1) is 8.53. The summed E-state index contributed by atoms with van der Waals surface area (Å²) in [5.74, 6) is -1.96. The van der Waals surface area contributed by atoms with Crippen molar-refractivity contribution in [2.75, 3.05) is 13.7 Å². The minimum atomic E-state index is -0.868. The summed E-state index contributed by atoms with van der Waals surface area (Å²) in [7, 11) is 1.93. The smallest absolute Gasteiger partial charge is 0.232 e. The van der Waals surface area contributed by atoms with Gasteiger partial charge in [-0.05, 0) is 12.8 Å². The van der Waals surface area contributed by atoms with E-state index in [1.807, 2.05) is 5.73 Å². The number of methoxy groups -OCH3 is 1. The lowest BCUT2D eigenvalue weighted by Gasteiger charge is -2.24. The van der Waals surface area contributed by atoms with Crippen LogP contribution in [0.15, 0.2) is 0 Å². The molecule has 1 aliphatic rings. The normalized spacial score (nSPS) is 32.8. The summed E-state index contributed by atoms with van der Waals surface area (Å²) < 4.78 is 12.2. The molecule has 0 saturated heterocycles. The predicted octanol–water partition coefficient (Wildman–Crippen LogP) is -1.61. The summed E-state index contributed by atoms with van der Waals surface area (Å²) in [6.07, 6.45) is 0.524. The summed E-state index contributed by atoms with van der Waals surface area (Å²) in [4.78, 5) is 23.5. The number of hydrogen-bond donors (Lipinski definition) is 3. The number of nitrogens with one attached hydrogen (secondary N) is 1. The van der Waals surface area contributed by atoms with E-state index in [9.17, 15) is 14.7 Å². The van der Waals surface area contributed by atoms with Crippen LogP contribution < -0.4 is 11.0 Å². The fraction of sp³-hybridized carbons (Fsp3) is 0.800. The maximum Gasteiger partial charge on any atom is 0.232 e. The molecule has 6 nitrogen and oxygen atoms in total. The topological polar surface area (TPSA) is 102 Å². The molecule has 96 valence electrons. The first-order valence-corrected chi connectivity index (χ1v) is 5.69. The van der Waals surface area contributed by atoms with Crippen LogP contribution >= 0.6 is 0 Å². The highest BCUT2D eigenvalue weighted by Gasteiger charge is 2.50. The maximum absolute atomic E-state index is 11.9. The van der Waals surface area contributed by atoms with E-state index in [4.69, 9.17) is 6.15 Å². The van der Waals surface area contributed by atoms with Gasteiger partial charge in [0.2, 0.25) is 19.2 Å².